The molecule has 0 aliphatic rings. The minimum absolute atomic E-state index is 0.0822. The Hall–Kier alpha value is -1.94. The first-order valence-corrected chi connectivity index (χ1v) is 6.37. The van der Waals surface area contributed by atoms with Gasteiger partial charge in [-0.25, -0.2) is 0 Å². The lowest BCUT2D eigenvalue weighted by atomic mass is 10.0. The van der Waals surface area contributed by atoms with E-state index in [1.807, 2.05) is 6.07 Å². The van der Waals surface area contributed by atoms with Crippen molar-refractivity contribution in [1.82, 2.24) is 0 Å². The summed E-state index contributed by atoms with van der Waals surface area (Å²) in [5, 5.41) is 8.95. The predicted molar refractivity (Wildman–Crippen MR) is 67.7 cm³/mol. The smallest absolute Gasteiger partial charge is 0.466 e. The lowest BCUT2D eigenvalue weighted by molar-refractivity contribution is -0.275. The molecule has 0 spiro atoms. The van der Waals surface area contributed by atoms with Crippen molar-refractivity contribution in [2.75, 3.05) is 6.61 Å². The fraction of sp³-hybridized carbons (Fsp3) is 0.385. The topological polar surface area (TPSA) is 59.3 Å². The number of hydrogen-bond acceptors (Lipinski definition) is 4. The SMILES string of the molecule is CCOC(=O)Cc1cc(C#N)c(CCl)cc1OC(F)(F)F. The predicted octanol–water partition coefficient (Wildman–Crippen LogP) is 3.30. The molecule has 21 heavy (non-hydrogen) atoms. The molecule has 0 aromatic heterocycles. The molecule has 0 aliphatic carbocycles. The van der Waals surface area contributed by atoms with Crippen LogP contribution in [-0.2, 0) is 21.8 Å². The van der Waals surface area contributed by atoms with Crippen molar-refractivity contribution in [1.29, 1.82) is 5.26 Å². The molecule has 0 N–H and O–H groups in total. The van der Waals surface area contributed by atoms with Gasteiger partial charge in [-0.05, 0) is 24.6 Å². The second-order valence-corrected chi connectivity index (χ2v) is 4.16. The van der Waals surface area contributed by atoms with E-state index >= 15 is 0 Å². The van der Waals surface area contributed by atoms with Gasteiger partial charge in [0, 0.05) is 11.4 Å². The Kier molecular flexibility index (Phi) is 5.85. The van der Waals surface area contributed by atoms with Crippen molar-refractivity contribution in [2.24, 2.45) is 0 Å². The largest absolute Gasteiger partial charge is 0.573 e. The van der Waals surface area contributed by atoms with E-state index < -0.39 is 24.5 Å². The van der Waals surface area contributed by atoms with Crippen LogP contribution in [0, 0.1) is 11.3 Å². The minimum Gasteiger partial charge on any atom is -0.466 e. The molecular formula is C13H11ClF3NO3. The maximum atomic E-state index is 12.4. The molecule has 1 rings (SSSR count). The first-order valence-electron chi connectivity index (χ1n) is 5.84. The van der Waals surface area contributed by atoms with Gasteiger partial charge in [-0.2, -0.15) is 5.26 Å². The highest BCUT2D eigenvalue weighted by Crippen LogP contribution is 2.30. The highest BCUT2D eigenvalue weighted by Gasteiger charge is 2.32. The molecule has 4 nitrogen and oxygen atoms in total. The van der Waals surface area contributed by atoms with E-state index in [0.717, 1.165) is 12.1 Å². The molecule has 0 bridgehead atoms. The Morgan fingerprint density at radius 1 is 1.38 bits per heavy atom. The molecule has 0 saturated heterocycles. The number of alkyl halides is 4. The molecule has 0 amide bonds. The molecule has 0 fully saturated rings. The molecule has 0 aliphatic heterocycles. The van der Waals surface area contributed by atoms with Gasteiger partial charge in [-0.1, -0.05) is 0 Å². The van der Waals surface area contributed by atoms with Crippen molar-refractivity contribution in [3.63, 3.8) is 0 Å². The number of benzene rings is 1. The highest BCUT2D eigenvalue weighted by atomic mass is 35.5. The lowest BCUT2D eigenvalue weighted by Gasteiger charge is -2.15. The zero-order valence-corrected chi connectivity index (χ0v) is 11.7. The molecule has 0 unspecified atom stereocenters. The van der Waals surface area contributed by atoms with Gasteiger partial charge in [-0.15, -0.1) is 24.8 Å². The number of carbonyl (C=O) groups excluding carboxylic acids is 1. The van der Waals surface area contributed by atoms with Gasteiger partial charge < -0.3 is 9.47 Å². The van der Waals surface area contributed by atoms with Crippen LogP contribution in [0.3, 0.4) is 0 Å². The van der Waals surface area contributed by atoms with Gasteiger partial charge in [0.2, 0.25) is 0 Å². The minimum atomic E-state index is -4.92. The van der Waals surface area contributed by atoms with Gasteiger partial charge in [0.25, 0.3) is 0 Å². The van der Waals surface area contributed by atoms with Crippen LogP contribution < -0.4 is 4.74 Å². The van der Waals surface area contributed by atoms with Crippen LogP contribution in [0.1, 0.15) is 23.6 Å². The normalized spacial score (nSPS) is 10.9. The number of hydrogen-bond donors (Lipinski definition) is 0. The van der Waals surface area contributed by atoms with Crippen molar-refractivity contribution < 1.29 is 27.4 Å². The van der Waals surface area contributed by atoms with E-state index in [9.17, 15) is 18.0 Å². The molecule has 1 aromatic carbocycles. The quantitative estimate of drug-likeness (QED) is 0.616. The van der Waals surface area contributed by atoms with Gasteiger partial charge in [-0.3, -0.25) is 4.79 Å². The summed E-state index contributed by atoms with van der Waals surface area (Å²) >= 11 is 5.58. The number of carbonyl (C=O) groups is 1. The summed E-state index contributed by atoms with van der Waals surface area (Å²) < 4.78 is 45.7. The van der Waals surface area contributed by atoms with Crippen LogP contribution in [0.4, 0.5) is 13.2 Å². The average Bonchev–Trinajstić information content (AvgIpc) is 2.38. The van der Waals surface area contributed by atoms with Gasteiger partial charge in [0.05, 0.1) is 24.7 Å². The Bertz CT molecular complexity index is 567. The third-order valence-electron chi connectivity index (χ3n) is 2.42. The molecule has 0 radical (unpaired) electrons. The summed E-state index contributed by atoms with van der Waals surface area (Å²) in [6.07, 6.45) is -5.35. The lowest BCUT2D eigenvalue weighted by Crippen LogP contribution is -2.19. The van der Waals surface area contributed by atoms with Crippen LogP contribution >= 0.6 is 11.6 Å². The number of rotatable bonds is 5. The second-order valence-electron chi connectivity index (χ2n) is 3.89. The van der Waals surface area contributed by atoms with Crippen molar-refractivity contribution in [2.45, 2.75) is 25.6 Å². The van der Waals surface area contributed by atoms with Crippen LogP contribution in [0.2, 0.25) is 0 Å². The molecule has 8 heteroatoms. The number of nitrogens with zero attached hydrogens (tertiary/aromatic N) is 1. The van der Waals surface area contributed by atoms with Crippen LogP contribution in [-0.4, -0.2) is 18.9 Å². The number of ether oxygens (including phenoxy) is 2. The summed E-state index contributed by atoms with van der Waals surface area (Å²) in [5.41, 5.74) is 0.182. The maximum Gasteiger partial charge on any atom is 0.573 e. The second kappa shape index (κ2) is 7.18. The summed E-state index contributed by atoms with van der Waals surface area (Å²) in [7, 11) is 0. The summed E-state index contributed by atoms with van der Waals surface area (Å²) in [4.78, 5) is 11.4. The van der Waals surface area contributed by atoms with Gasteiger partial charge >= 0.3 is 12.3 Å². The fourth-order valence-electron chi connectivity index (χ4n) is 1.61. The van der Waals surface area contributed by atoms with Crippen LogP contribution in [0.15, 0.2) is 12.1 Å². The molecular weight excluding hydrogens is 311 g/mol. The molecule has 0 heterocycles. The summed E-state index contributed by atoms with van der Waals surface area (Å²) in [6, 6.07) is 3.96. The number of esters is 1. The molecule has 1 aromatic rings. The van der Waals surface area contributed by atoms with Gasteiger partial charge in [0.1, 0.15) is 5.75 Å². The van der Waals surface area contributed by atoms with Crippen molar-refractivity contribution >= 4 is 17.6 Å². The first kappa shape index (κ1) is 17.1. The van der Waals surface area contributed by atoms with E-state index in [2.05, 4.69) is 9.47 Å². The number of halogens is 4. The average molecular weight is 322 g/mol. The van der Waals surface area contributed by atoms with Crippen molar-refractivity contribution in [3.05, 3.63) is 28.8 Å². The van der Waals surface area contributed by atoms with E-state index in [0.29, 0.717) is 0 Å². The standard InChI is InChI=1S/C13H11ClF3NO3/c1-2-20-12(19)5-8-3-10(7-18)9(6-14)4-11(8)21-13(15,16)17/h3-4H,2,5-6H2,1H3. The third kappa shape index (κ3) is 5.16. The van der Waals surface area contributed by atoms with Crippen LogP contribution in [0.5, 0.6) is 5.75 Å². The molecule has 0 atom stereocenters. The Balaban J connectivity index is 3.23. The molecule has 0 saturated carbocycles. The van der Waals surface area contributed by atoms with E-state index in [1.54, 1.807) is 6.92 Å². The Labute approximate surface area is 124 Å². The van der Waals surface area contributed by atoms with Gasteiger partial charge in [0.15, 0.2) is 0 Å². The third-order valence-corrected chi connectivity index (χ3v) is 2.70. The van der Waals surface area contributed by atoms with E-state index in [4.69, 9.17) is 16.9 Å². The Morgan fingerprint density at radius 3 is 2.52 bits per heavy atom. The molecule has 114 valence electrons. The van der Waals surface area contributed by atoms with Crippen molar-refractivity contribution in [3.8, 4) is 11.8 Å². The Morgan fingerprint density at radius 2 is 2.05 bits per heavy atom. The summed E-state index contributed by atoms with van der Waals surface area (Å²) in [5.74, 6) is -1.44. The number of nitriles is 1. The van der Waals surface area contributed by atoms with Crippen LogP contribution in [0.25, 0.3) is 0 Å². The zero-order valence-electron chi connectivity index (χ0n) is 11.0. The first-order chi connectivity index (χ1) is 9.80. The summed E-state index contributed by atoms with van der Waals surface area (Å²) in [6.45, 7) is 1.67. The van der Waals surface area contributed by atoms with E-state index in [1.165, 1.54) is 0 Å². The monoisotopic (exact) mass is 321 g/mol. The maximum absolute atomic E-state index is 12.4. The highest BCUT2D eigenvalue weighted by molar-refractivity contribution is 6.17. The fourth-order valence-corrected chi connectivity index (χ4v) is 1.83. The van der Waals surface area contributed by atoms with E-state index in [-0.39, 0.29) is 29.2 Å². The zero-order chi connectivity index (χ0) is 16.0.